The number of hydrogen-bond donors (Lipinski definition) is 1. The molecule has 0 aliphatic carbocycles. The third-order valence-corrected chi connectivity index (χ3v) is 8.64. The minimum absolute atomic E-state index is 0.128. The summed E-state index contributed by atoms with van der Waals surface area (Å²) >= 11 is 5.95. The van der Waals surface area contributed by atoms with Gasteiger partial charge in [0.05, 0.1) is 12.7 Å². The van der Waals surface area contributed by atoms with Gasteiger partial charge in [-0.05, 0) is 85.6 Å². The molecular formula is C33H28ClF2N9O2S. The molecule has 0 saturated carbocycles. The number of nitrogens with one attached hydrogen (secondary N) is 1. The van der Waals surface area contributed by atoms with Gasteiger partial charge in [0.1, 0.15) is 17.2 Å². The van der Waals surface area contributed by atoms with E-state index in [9.17, 15) is 17.2 Å². The van der Waals surface area contributed by atoms with Crippen LogP contribution in [0.15, 0.2) is 78.3 Å². The van der Waals surface area contributed by atoms with Crippen LogP contribution in [0.2, 0.25) is 5.02 Å². The van der Waals surface area contributed by atoms with Crippen molar-refractivity contribution in [3.8, 4) is 22.8 Å². The molecule has 3 aromatic carbocycles. The quantitative estimate of drug-likeness (QED) is 0.195. The molecule has 0 spiro atoms. The molecule has 0 aliphatic rings. The normalized spacial score (nSPS) is 11.5. The van der Waals surface area contributed by atoms with Gasteiger partial charge < -0.3 is 14.5 Å². The molecule has 0 aliphatic heterocycles. The Morgan fingerprint density at radius 1 is 0.708 bits per heavy atom. The highest BCUT2D eigenvalue weighted by Gasteiger charge is 2.21. The van der Waals surface area contributed by atoms with Gasteiger partial charge in [-0.15, -0.1) is 0 Å². The van der Waals surface area contributed by atoms with Gasteiger partial charge in [-0.1, -0.05) is 11.6 Å². The molecule has 15 heteroatoms. The third kappa shape index (κ3) is 6.57. The average Bonchev–Trinajstić information content (AvgIpc) is 3.59. The summed E-state index contributed by atoms with van der Waals surface area (Å²) < 4.78 is 54.1. The van der Waals surface area contributed by atoms with E-state index in [-0.39, 0.29) is 28.0 Å². The maximum absolute atomic E-state index is 13.5. The minimum Gasteiger partial charge on any atom is -0.338 e. The maximum atomic E-state index is 13.5. The van der Waals surface area contributed by atoms with Crippen LogP contribution in [0.25, 0.3) is 45.1 Å². The number of nitrogens with zero attached hydrogens (tertiary/aromatic N) is 8. The summed E-state index contributed by atoms with van der Waals surface area (Å²) in [6, 6.07) is 16.1. The second-order valence-corrected chi connectivity index (χ2v) is 13.5. The molecule has 4 aromatic heterocycles. The van der Waals surface area contributed by atoms with Gasteiger partial charge in [-0.2, -0.15) is 0 Å². The van der Waals surface area contributed by atoms with Gasteiger partial charge in [0, 0.05) is 42.2 Å². The second-order valence-electron chi connectivity index (χ2n) is 11.1. The van der Waals surface area contributed by atoms with Crippen molar-refractivity contribution < 1.29 is 17.2 Å². The molecule has 1 N–H and O–H groups in total. The predicted molar refractivity (Wildman–Crippen MR) is 181 cm³/mol. The van der Waals surface area contributed by atoms with E-state index in [0.717, 1.165) is 23.1 Å². The van der Waals surface area contributed by atoms with E-state index in [2.05, 4.69) is 35.2 Å². The van der Waals surface area contributed by atoms with Crippen molar-refractivity contribution in [2.75, 3.05) is 11.6 Å². The van der Waals surface area contributed by atoms with Crippen LogP contribution in [-0.4, -0.2) is 53.7 Å². The first-order valence-corrected chi connectivity index (χ1v) is 16.7. The SMILES string of the molecule is Cc1cc(F)ccc1-c1nc(Nc2ccc(Cl)cc2)c2ncn(C)c2n1.Cc1cc(F)ccc1-c1nc(S(C)(=O)=O)c2ncn(C)c2n1. The lowest BCUT2D eigenvalue weighted by Crippen LogP contribution is -2.06. The fraction of sp³-hybridized carbons (Fsp3) is 0.152. The highest BCUT2D eigenvalue weighted by molar-refractivity contribution is 7.90. The van der Waals surface area contributed by atoms with Gasteiger partial charge in [0.25, 0.3) is 0 Å². The lowest BCUT2D eigenvalue weighted by Gasteiger charge is -2.10. The van der Waals surface area contributed by atoms with Gasteiger partial charge in [0.15, 0.2) is 49.1 Å². The van der Waals surface area contributed by atoms with Crippen LogP contribution < -0.4 is 5.32 Å². The zero-order chi connectivity index (χ0) is 34.3. The third-order valence-electron chi connectivity index (χ3n) is 7.40. The Morgan fingerprint density at radius 2 is 1.21 bits per heavy atom. The molecule has 0 unspecified atom stereocenters. The lowest BCUT2D eigenvalue weighted by molar-refractivity contribution is 0.599. The number of aromatic nitrogens is 8. The number of halogens is 3. The summed E-state index contributed by atoms with van der Waals surface area (Å²) in [5.74, 6) is 0.666. The molecule has 0 atom stereocenters. The summed E-state index contributed by atoms with van der Waals surface area (Å²) in [5, 5.41) is 3.80. The van der Waals surface area contributed by atoms with Crippen LogP contribution >= 0.6 is 11.6 Å². The molecule has 0 amide bonds. The first-order chi connectivity index (χ1) is 22.8. The lowest BCUT2D eigenvalue weighted by atomic mass is 10.1. The Bertz CT molecular complexity index is 2450. The van der Waals surface area contributed by atoms with E-state index in [0.29, 0.717) is 44.6 Å². The summed E-state index contributed by atoms with van der Waals surface area (Å²) in [6.07, 6.45) is 4.24. The highest BCUT2D eigenvalue weighted by Crippen LogP contribution is 2.29. The Labute approximate surface area is 279 Å². The van der Waals surface area contributed by atoms with E-state index in [1.165, 1.54) is 36.7 Å². The smallest absolute Gasteiger partial charge is 0.195 e. The first-order valence-electron chi connectivity index (χ1n) is 14.4. The Morgan fingerprint density at radius 3 is 1.73 bits per heavy atom. The van der Waals surface area contributed by atoms with E-state index >= 15 is 0 Å². The zero-order valence-electron chi connectivity index (χ0n) is 26.4. The molecule has 48 heavy (non-hydrogen) atoms. The van der Waals surface area contributed by atoms with Crippen molar-refractivity contribution >= 4 is 55.3 Å². The Hall–Kier alpha value is -5.34. The van der Waals surface area contributed by atoms with Crippen molar-refractivity contribution in [3.63, 3.8) is 0 Å². The van der Waals surface area contributed by atoms with E-state index < -0.39 is 9.84 Å². The van der Waals surface area contributed by atoms with Crippen LogP contribution in [-0.2, 0) is 23.9 Å². The molecule has 0 saturated heterocycles. The van der Waals surface area contributed by atoms with E-state index in [1.54, 1.807) is 43.1 Å². The molecule has 7 rings (SSSR count). The van der Waals surface area contributed by atoms with Crippen LogP contribution in [0.1, 0.15) is 11.1 Å². The summed E-state index contributed by atoms with van der Waals surface area (Å²) in [4.78, 5) is 26.2. The van der Waals surface area contributed by atoms with Crippen LogP contribution in [0, 0.1) is 25.5 Å². The summed E-state index contributed by atoms with van der Waals surface area (Å²) in [7, 11) is 0.0201. The molecule has 0 radical (unpaired) electrons. The van der Waals surface area contributed by atoms with Crippen LogP contribution in [0.5, 0.6) is 0 Å². The Balaban J connectivity index is 0.000000170. The maximum Gasteiger partial charge on any atom is 0.195 e. The number of hydrogen-bond acceptors (Lipinski definition) is 9. The molecule has 11 nitrogen and oxygen atoms in total. The fourth-order valence-electron chi connectivity index (χ4n) is 5.00. The van der Waals surface area contributed by atoms with Crippen LogP contribution in [0.3, 0.4) is 0 Å². The molecule has 0 fully saturated rings. The second kappa shape index (κ2) is 12.7. The molecule has 244 valence electrons. The number of anilines is 2. The number of sulfone groups is 1. The standard InChI is InChI=1S/C19H15ClFN5.C14H13FN4O2S/c1-11-9-13(21)5-8-15(11)17-24-18(16-19(25-17)26(2)10-22-16)23-14-6-3-12(20)4-7-14;1-8-6-9(15)4-5-10(8)12-17-13-11(16-7-19(13)2)14(18-12)22(3,20)21/h3-10H,1-2H3,(H,23,24,25);4-7H,1-3H3. The molecule has 7 aromatic rings. The molecule has 0 bridgehead atoms. The van der Waals surface area contributed by atoms with E-state index in [4.69, 9.17) is 11.6 Å². The topological polar surface area (TPSA) is 133 Å². The van der Waals surface area contributed by atoms with Gasteiger partial charge in [-0.25, -0.2) is 47.1 Å². The predicted octanol–water partition coefficient (Wildman–Crippen LogP) is 6.76. The van der Waals surface area contributed by atoms with Crippen molar-refractivity contribution in [2.24, 2.45) is 14.1 Å². The minimum atomic E-state index is -3.57. The van der Waals surface area contributed by atoms with Crippen molar-refractivity contribution in [1.29, 1.82) is 0 Å². The Kier molecular flexibility index (Phi) is 8.62. The number of fused-ring (bicyclic) bond motifs is 2. The van der Waals surface area contributed by atoms with Gasteiger partial charge in [-0.3, -0.25) is 0 Å². The largest absolute Gasteiger partial charge is 0.338 e. The monoisotopic (exact) mass is 687 g/mol. The number of rotatable bonds is 5. The average molecular weight is 688 g/mol. The zero-order valence-corrected chi connectivity index (χ0v) is 27.9. The highest BCUT2D eigenvalue weighted by atomic mass is 35.5. The van der Waals surface area contributed by atoms with Crippen molar-refractivity contribution in [2.45, 2.75) is 18.9 Å². The fourth-order valence-corrected chi connectivity index (χ4v) is 5.87. The number of imidazole rings is 2. The summed E-state index contributed by atoms with van der Waals surface area (Å²) in [6.45, 7) is 3.55. The van der Waals surface area contributed by atoms with E-state index in [1.807, 2.05) is 30.7 Å². The summed E-state index contributed by atoms with van der Waals surface area (Å²) in [5.41, 5.74) is 5.57. The van der Waals surface area contributed by atoms with Crippen molar-refractivity contribution in [3.05, 3.63) is 101 Å². The van der Waals surface area contributed by atoms with Gasteiger partial charge in [0.2, 0.25) is 0 Å². The van der Waals surface area contributed by atoms with Crippen LogP contribution in [0.4, 0.5) is 20.3 Å². The number of benzene rings is 3. The van der Waals surface area contributed by atoms with Gasteiger partial charge >= 0.3 is 0 Å². The van der Waals surface area contributed by atoms with Crippen molar-refractivity contribution in [1.82, 2.24) is 39.0 Å². The number of aryl methyl sites for hydroxylation is 4. The molecule has 4 heterocycles. The first kappa shape index (κ1) is 32.6. The molecular weight excluding hydrogens is 660 g/mol.